The Morgan fingerprint density at radius 2 is 2.25 bits per heavy atom. The van der Waals surface area contributed by atoms with Crippen LogP contribution in [0.15, 0.2) is 12.3 Å². The fourth-order valence-electron chi connectivity index (χ4n) is 0.970. The number of nitrogens with zero attached hydrogens (tertiary/aromatic N) is 1. The Morgan fingerprint density at radius 1 is 1.58 bits per heavy atom. The lowest BCUT2D eigenvalue weighted by Gasteiger charge is -1.99. The van der Waals surface area contributed by atoms with Crippen LogP contribution in [0.5, 0.6) is 0 Å². The predicted octanol–water partition coefficient (Wildman–Crippen LogP) is 1.41. The Morgan fingerprint density at radius 3 is 2.75 bits per heavy atom. The highest BCUT2D eigenvalue weighted by atomic mass is 16.1. The van der Waals surface area contributed by atoms with E-state index >= 15 is 0 Å². The Balaban J connectivity index is 3.25. The van der Waals surface area contributed by atoms with E-state index in [1.807, 2.05) is 0 Å². The van der Waals surface area contributed by atoms with Gasteiger partial charge in [-0.05, 0) is 19.9 Å². The van der Waals surface area contributed by atoms with E-state index in [1.165, 1.54) is 13.1 Å². The summed E-state index contributed by atoms with van der Waals surface area (Å²) in [5.41, 5.74) is 1.61. The lowest BCUT2D eigenvalue weighted by Crippen LogP contribution is -1.99. The van der Waals surface area contributed by atoms with Crippen molar-refractivity contribution in [1.82, 2.24) is 4.98 Å². The largest absolute Gasteiger partial charge is 0.298 e. The lowest BCUT2D eigenvalue weighted by atomic mass is 10.1. The summed E-state index contributed by atoms with van der Waals surface area (Å²) in [6, 6.07) is 1.55. The van der Waals surface area contributed by atoms with Crippen LogP contribution in [0.4, 0.5) is 0 Å². The van der Waals surface area contributed by atoms with Gasteiger partial charge in [0.05, 0.1) is 0 Å². The summed E-state index contributed by atoms with van der Waals surface area (Å²) in [6.07, 6.45) is 2.13. The summed E-state index contributed by atoms with van der Waals surface area (Å²) in [6.45, 7) is 3.20. The number of ketones is 1. The first-order valence-electron chi connectivity index (χ1n) is 3.58. The molecule has 0 aliphatic heterocycles. The first-order valence-corrected chi connectivity index (χ1v) is 3.58. The number of carbonyl (C=O) groups excluding carboxylic acids is 2. The van der Waals surface area contributed by atoms with Crippen molar-refractivity contribution in [3.8, 4) is 0 Å². The van der Waals surface area contributed by atoms with Crippen molar-refractivity contribution in [2.45, 2.75) is 13.8 Å². The minimum Gasteiger partial charge on any atom is -0.298 e. The molecular formula is C9H9NO2. The molecule has 0 N–H and O–H groups in total. The van der Waals surface area contributed by atoms with E-state index in [-0.39, 0.29) is 5.78 Å². The molecule has 0 radical (unpaired) electrons. The molecule has 1 aromatic heterocycles. The van der Waals surface area contributed by atoms with Crippen LogP contribution in [-0.2, 0) is 0 Å². The van der Waals surface area contributed by atoms with Gasteiger partial charge < -0.3 is 0 Å². The van der Waals surface area contributed by atoms with E-state index in [4.69, 9.17) is 0 Å². The zero-order valence-corrected chi connectivity index (χ0v) is 7.00. The molecule has 0 unspecified atom stereocenters. The topological polar surface area (TPSA) is 47.0 Å². The van der Waals surface area contributed by atoms with Gasteiger partial charge in [-0.2, -0.15) is 0 Å². The predicted molar refractivity (Wildman–Crippen MR) is 44.4 cm³/mol. The molecule has 1 rings (SSSR count). The Labute approximate surface area is 70.4 Å². The number of rotatable bonds is 2. The molecule has 0 spiro atoms. The molecule has 62 valence electrons. The SMILES string of the molecule is CC(=O)c1cc(C=O)cnc1C. The molecule has 0 aromatic carbocycles. The molecule has 0 saturated carbocycles. The molecule has 0 bridgehead atoms. The number of carbonyl (C=O) groups is 2. The van der Waals surface area contributed by atoms with Crippen molar-refractivity contribution < 1.29 is 9.59 Å². The van der Waals surface area contributed by atoms with Gasteiger partial charge in [0.2, 0.25) is 0 Å². The molecule has 12 heavy (non-hydrogen) atoms. The first kappa shape index (κ1) is 8.59. The van der Waals surface area contributed by atoms with E-state index in [1.54, 1.807) is 13.0 Å². The molecule has 0 aliphatic carbocycles. The third-order valence-electron chi connectivity index (χ3n) is 1.62. The van der Waals surface area contributed by atoms with Crippen molar-refractivity contribution in [2.24, 2.45) is 0 Å². The number of aldehydes is 1. The van der Waals surface area contributed by atoms with E-state index in [2.05, 4.69) is 4.98 Å². The first-order chi connectivity index (χ1) is 5.65. The number of aromatic nitrogens is 1. The second kappa shape index (κ2) is 3.26. The van der Waals surface area contributed by atoms with Gasteiger partial charge in [0, 0.05) is 23.0 Å². The van der Waals surface area contributed by atoms with E-state index in [9.17, 15) is 9.59 Å². The molecule has 0 saturated heterocycles. The van der Waals surface area contributed by atoms with Gasteiger partial charge >= 0.3 is 0 Å². The maximum absolute atomic E-state index is 11.0. The summed E-state index contributed by atoms with van der Waals surface area (Å²) in [7, 11) is 0. The molecule has 0 amide bonds. The lowest BCUT2D eigenvalue weighted by molar-refractivity contribution is 0.101. The van der Waals surface area contributed by atoms with Crippen LogP contribution in [0.1, 0.15) is 33.3 Å². The van der Waals surface area contributed by atoms with E-state index < -0.39 is 0 Å². The Bertz CT molecular complexity index is 331. The van der Waals surface area contributed by atoms with Crippen molar-refractivity contribution in [3.05, 3.63) is 29.1 Å². The number of pyridine rings is 1. The summed E-state index contributed by atoms with van der Waals surface area (Å²) in [5, 5.41) is 0. The van der Waals surface area contributed by atoms with E-state index in [0.717, 1.165) is 0 Å². The highest BCUT2D eigenvalue weighted by molar-refractivity contribution is 5.96. The van der Waals surface area contributed by atoms with Gasteiger partial charge in [-0.25, -0.2) is 0 Å². The van der Waals surface area contributed by atoms with Crippen LogP contribution >= 0.6 is 0 Å². The Hall–Kier alpha value is -1.51. The van der Waals surface area contributed by atoms with Crippen molar-refractivity contribution in [2.75, 3.05) is 0 Å². The Kier molecular flexibility index (Phi) is 2.33. The van der Waals surface area contributed by atoms with Crippen LogP contribution < -0.4 is 0 Å². The molecule has 1 aromatic rings. The standard InChI is InChI=1S/C9H9NO2/c1-6-9(7(2)12)3-8(5-11)4-10-6/h3-5H,1-2H3. The van der Waals surface area contributed by atoms with Gasteiger partial charge in [-0.3, -0.25) is 14.6 Å². The fourth-order valence-corrected chi connectivity index (χ4v) is 0.970. The van der Waals surface area contributed by atoms with Crippen LogP contribution in [-0.4, -0.2) is 17.1 Å². The third-order valence-corrected chi connectivity index (χ3v) is 1.62. The maximum Gasteiger partial charge on any atom is 0.161 e. The molecule has 3 nitrogen and oxygen atoms in total. The quantitative estimate of drug-likeness (QED) is 0.489. The van der Waals surface area contributed by atoms with Crippen molar-refractivity contribution >= 4 is 12.1 Å². The smallest absolute Gasteiger partial charge is 0.161 e. The van der Waals surface area contributed by atoms with E-state index in [0.29, 0.717) is 23.1 Å². The molecule has 1 heterocycles. The fraction of sp³-hybridized carbons (Fsp3) is 0.222. The second-order valence-corrected chi connectivity index (χ2v) is 2.58. The van der Waals surface area contributed by atoms with Crippen LogP contribution in [0.3, 0.4) is 0 Å². The van der Waals surface area contributed by atoms with Gasteiger partial charge in [0.25, 0.3) is 0 Å². The zero-order valence-electron chi connectivity index (χ0n) is 7.00. The second-order valence-electron chi connectivity index (χ2n) is 2.58. The third kappa shape index (κ3) is 1.56. The van der Waals surface area contributed by atoms with Crippen LogP contribution in [0.25, 0.3) is 0 Å². The summed E-state index contributed by atoms with van der Waals surface area (Å²) < 4.78 is 0. The van der Waals surface area contributed by atoms with Gasteiger partial charge in [-0.15, -0.1) is 0 Å². The molecule has 0 fully saturated rings. The molecule has 3 heteroatoms. The minimum absolute atomic E-state index is 0.0660. The highest BCUT2D eigenvalue weighted by Crippen LogP contribution is 2.06. The van der Waals surface area contributed by atoms with Gasteiger partial charge in [0.1, 0.15) is 0 Å². The minimum atomic E-state index is -0.0660. The van der Waals surface area contributed by atoms with Crippen molar-refractivity contribution in [3.63, 3.8) is 0 Å². The van der Waals surface area contributed by atoms with Gasteiger partial charge in [-0.1, -0.05) is 0 Å². The molecule has 0 aliphatic rings. The summed E-state index contributed by atoms with van der Waals surface area (Å²) in [5.74, 6) is -0.0660. The number of hydrogen-bond acceptors (Lipinski definition) is 3. The van der Waals surface area contributed by atoms with Crippen LogP contribution in [0, 0.1) is 6.92 Å². The summed E-state index contributed by atoms with van der Waals surface area (Å²) in [4.78, 5) is 25.2. The number of aryl methyl sites for hydroxylation is 1. The molecule has 0 atom stereocenters. The van der Waals surface area contributed by atoms with Crippen molar-refractivity contribution in [1.29, 1.82) is 0 Å². The highest BCUT2D eigenvalue weighted by Gasteiger charge is 2.05. The normalized spacial score (nSPS) is 9.50. The van der Waals surface area contributed by atoms with Gasteiger partial charge in [0.15, 0.2) is 12.1 Å². The average Bonchev–Trinajstić information content (AvgIpc) is 2.05. The average molecular weight is 163 g/mol. The monoisotopic (exact) mass is 163 g/mol. The zero-order chi connectivity index (χ0) is 9.14. The summed E-state index contributed by atoms with van der Waals surface area (Å²) >= 11 is 0. The number of hydrogen-bond donors (Lipinski definition) is 0. The maximum atomic E-state index is 11.0. The number of Topliss-reactive ketones (excluding diaryl/α,β-unsaturated/α-hetero) is 1. The van der Waals surface area contributed by atoms with Crippen LogP contribution in [0.2, 0.25) is 0 Å². The molecular weight excluding hydrogens is 154 g/mol.